The second-order valence-corrected chi connectivity index (χ2v) is 7.20. The van der Waals surface area contributed by atoms with Crippen LogP contribution in [0, 0.1) is 0 Å². The first-order valence-corrected chi connectivity index (χ1v) is 10.4. The van der Waals surface area contributed by atoms with Crippen molar-refractivity contribution in [1.29, 1.82) is 0 Å². The van der Waals surface area contributed by atoms with E-state index < -0.39 is 18.0 Å². The maximum absolute atomic E-state index is 11.2. The van der Waals surface area contributed by atoms with Crippen LogP contribution >= 0.6 is 0 Å². The number of carbonyl (C=O) groups is 2. The van der Waals surface area contributed by atoms with Crippen molar-refractivity contribution >= 4 is 11.9 Å². The molecule has 5 N–H and O–H groups in total. The minimum atomic E-state index is -0.690. The maximum atomic E-state index is 11.2. The van der Waals surface area contributed by atoms with Gasteiger partial charge in [0.25, 0.3) is 0 Å². The van der Waals surface area contributed by atoms with Crippen molar-refractivity contribution in [2.24, 2.45) is 11.5 Å². The van der Waals surface area contributed by atoms with Gasteiger partial charge in [0.2, 0.25) is 5.91 Å². The Morgan fingerprint density at radius 1 is 0.680 bits per heavy atom. The van der Waals surface area contributed by atoms with Gasteiger partial charge in [-0.15, -0.1) is 0 Å². The van der Waals surface area contributed by atoms with E-state index in [9.17, 15) is 9.59 Å². The lowest BCUT2D eigenvalue weighted by Gasteiger charge is -2.13. The summed E-state index contributed by atoms with van der Waals surface area (Å²) in [7, 11) is 0. The predicted octanol–water partition coefficient (Wildman–Crippen LogP) is 4.77. The van der Waals surface area contributed by atoms with Crippen LogP contribution in [0.1, 0.15) is 110 Å². The fourth-order valence-corrected chi connectivity index (χ4v) is 3.18. The largest absolute Gasteiger partial charge is 0.368 e. The van der Waals surface area contributed by atoms with Crippen LogP contribution in [0.4, 0.5) is 4.79 Å². The lowest BCUT2D eigenvalue weighted by Crippen LogP contribution is -2.46. The highest BCUT2D eigenvalue weighted by atomic mass is 16.2. The van der Waals surface area contributed by atoms with Crippen LogP contribution in [0.2, 0.25) is 0 Å². The first-order valence-electron chi connectivity index (χ1n) is 10.4. The van der Waals surface area contributed by atoms with E-state index in [0.717, 1.165) is 12.8 Å². The second kappa shape index (κ2) is 17.6. The molecule has 5 nitrogen and oxygen atoms in total. The zero-order valence-corrected chi connectivity index (χ0v) is 16.4. The van der Waals surface area contributed by atoms with Crippen LogP contribution in [0.3, 0.4) is 0 Å². The van der Waals surface area contributed by atoms with Crippen molar-refractivity contribution in [3.63, 3.8) is 0 Å². The van der Waals surface area contributed by atoms with Crippen LogP contribution in [0.5, 0.6) is 0 Å². The topological polar surface area (TPSA) is 98.2 Å². The number of nitrogens with one attached hydrogen (secondary N) is 1. The Labute approximate surface area is 154 Å². The summed E-state index contributed by atoms with van der Waals surface area (Å²) in [6.45, 7) is 2.26. The lowest BCUT2D eigenvalue weighted by atomic mass is 10.0. The molecule has 0 aliphatic rings. The van der Waals surface area contributed by atoms with Gasteiger partial charge in [0.15, 0.2) is 0 Å². The molecule has 0 rings (SSSR count). The van der Waals surface area contributed by atoms with Gasteiger partial charge in [-0.05, 0) is 6.42 Å². The number of hydrogen-bond acceptors (Lipinski definition) is 2. The third-order valence-corrected chi connectivity index (χ3v) is 4.76. The van der Waals surface area contributed by atoms with Crippen LogP contribution in [0.25, 0.3) is 0 Å². The Kier molecular flexibility index (Phi) is 16.7. The van der Waals surface area contributed by atoms with Gasteiger partial charge < -0.3 is 16.8 Å². The number of nitrogens with two attached hydrogens (primary N) is 2. The third-order valence-electron chi connectivity index (χ3n) is 4.76. The quantitative estimate of drug-likeness (QED) is 0.309. The number of urea groups is 1. The van der Waals surface area contributed by atoms with E-state index in [0.29, 0.717) is 6.42 Å². The summed E-state index contributed by atoms with van der Waals surface area (Å²) in [5, 5.41) is 2.39. The number of primary amides is 2. The van der Waals surface area contributed by atoms with Gasteiger partial charge in [0, 0.05) is 0 Å². The van der Waals surface area contributed by atoms with Crippen molar-refractivity contribution in [1.82, 2.24) is 5.32 Å². The van der Waals surface area contributed by atoms with Crippen molar-refractivity contribution in [2.75, 3.05) is 0 Å². The highest BCUT2D eigenvalue weighted by Crippen LogP contribution is 2.14. The molecule has 25 heavy (non-hydrogen) atoms. The lowest BCUT2D eigenvalue weighted by molar-refractivity contribution is -0.119. The van der Waals surface area contributed by atoms with Crippen LogP contribution in [0.15, 0.2) is 0 Å². The zero-order valence-electron chi connectivity index (χ0n) is 16.4. The minimum absolute atomic E-state index is 0.510. The molecule has 3 amide bonds. The van der Waals surface area contributed by atoms with Gasteiger partial charge in [0.1, 0.15) is 6.04 Å². The van der Waals surface area contributed by atoms with E-state index in [4.69, 9.17) is 11.5 Å². The van der Waals surface area contributed by atoms with Crippen molar-refractivity contribution in [3.05, 3.63) is 0 Å². The van der Waals surface area contributed by atoms with E-state index in [1.165, 1.54) is 83.5 Å². The Bertz CT molecular complexity index is 335. The number of hydrogen-bond donors (Lipinski definition) is 3. The second-order valence-electron chi connectivity index (χ2n) is 7.20. The molecule has 0 radical (unpaired) electrons. The molecule has 0 bridgehead atoms. The minimum Gasteiger partial charge on any atom is -0.368 e. The number of rotatable bonds is 18. The molecule has 0 aromatic heterocycles. The summed E-state index contributed by atoms with van der Waals surface area (Å²) in [6, 6.07) is -1.32. The van der Waals surface area contributed by atoms with E-state index >= 15 is 0 Å². The fourth-order valence-electron chi connectivity index (χ4n) is 3.18. The van der Waals surface area contributed by atoms with Gasteiger partial charge in [-0.3, -0.25) is 4.79 Å². The van der Waals surface area contributed by atoms with E-state index in [-0.39, 0.29) is 0 Å². The third kappa shape index (κ3) is 17.4. The molecule has 1 atom stereocenters. The monoisotopic (exact) mass is 355 g/mol. The molecular formula is C20H41N3O2. The van der Waals surface area contributed by atoms with Gasteiger partial charge in [0.05, 0.1) is 0 Å². The van der Waals surface area contributed by atoms with Crippen LogP contribution < -0.4 is 16.8 Å². The molecule has 1 unspecified atom stereocenters. The number of carbonyl (C=O) groups excluding carboxylic acids is 2. The SMILES string of the molecule is CCCCCCCCCCCCCCCCCC(NC(N)=O)C(N)=O. The molecule has 5 heteroatoms. The Hall–Kier alpha value is -1.26. The molecular weight excluding hydrogens is 314 g/mol. The highest BCUT2D eigenvalue weighted by Gasteiger charge is 2.15. The summed E-state index contributed by atoms with van der Waals surface area (Å²) in [5.74, 6) is -0.510. The van der Waals surface area contributed by atoms with E-state index in [1.54, 1.807) is 0 Å². The molecule has 0 saturated carbocycles. The summed E-state index contributed by atoms with van der Waals surface area (Å²) in [5.41, 5.74) is 10.3. The standard InChI is InChI=1S/C20H41N3O2/c1-2-3-4-5-6-7-8-9-10-11-12-13-14-15-16-17-18(19(21)24)23-20(22)25/h18H,2-17H2,1H3,(H2,21,24)(H3,22,23,25). The van der Waals surface area contributed by atoms with E-state index in [1.807, 2.05) is 0 Å². The van der Waals surface area contributed by atoms with Crippen molar-refractivity contribution < 1.29 is 9.59 Å². The first kappa shape index (κ1) is 23.7. The molecule has 0 aromatic carbocycles. The fraction of sp³-hybridized carbons (Fsp3) is 0.900. The summed E-state index contributed by atoms with van der Waals surface area (Å²) in [4.78, 5) is 21.9. The molecule has 0 saturated heterocycles. The number of unbranched alkanes of at least 4 members (excludes halogenated alkanes) is 14. The molecule has 0 aliphatic heterocycles. The predicted molar refractivity (Wildman–Crippen MR) is 105 cm³/mol. The zero-order chi connectivity index (χ0) is 18.8. The summed E-state index contributed by atoms with van der Waals surface area (Å²) >= 11 is 0. The maximum Gasteiger partial charge on any atom is 0.312 e. The molecule has 0 aromatic rings. The highest BCUT2D eigenvalue weighted by molar-refractivity contribution is 5.85. The van der Waals surface area contributed by atoms with Gasteiger partial charge >= 0.3 is 6.03 Å². The number of amides is 3. The normalized spacial score (nSPS) is 12.0. The smallest absolute Gasteiger partial charge is 0.312 e. The van der Waals surface area contributed by atoms with Crippen LogP contribution in [-0.2, 0) is 4.79 Å². The molecule has 0 heterocycles. The Balaban J connectivity index is 3.28. The Morgan fingerprint density at radius 2 is 1.04 bits per heavy atom. The van der Waals surface area contributed by atoms with Gasteiger partial charge in [-0.2, -0.15) is 0 Å². The molecule has 148 valence electrons. The molecule has 0 spiro atoms. The van der Waals surface area contributed by atoms with Crippen LogP contribution in [-0.4, -0.2) is 18.0 Å². The summed E-state index contributed by atoms with van der Waals surface area (Å²) < 4.78 is 0. The summed E-state index contributed by atoms with van der Waals surface area (Å²) in [6.07, 6.45) is 20.1. The average molecular weight is 356 g/mol. The van der Waals surface area contributed by atoms with Gasteiger partial charge in [-0.1, -0.05) is 103 Å². The molecule has 0 fully saturated rings. The first-order chi connectivity index (χ1) is 12.1. The van der Waals surface area contributed by atoms with Crippen molar-refractivity contribution in [2.45, 2.75) is 116 Å². The van der Waals surface area contributed by atoms with Gasteiger partial charge in [-0.25, -0.2) is 4.79 Å². The van der Waals surface area contributed by atoms with Crippen molar-refractivity contribution in [3.8, 4) is 0 Å². The Morgan fingerprint density at radius 3 is 1.36 bits per heavy atom. The average Bonchev–Trinajstić information content (AvgIpc) is 2.56. The van der Waals surface area contributed by atoms with E-state index in [2.05, 4.69) is 12.2 Å². The molecule has 0 aliphatic carbocycles.